The maximum absolute atomic E-state index is 13.0. The molecule has 1 aliphatic rings. The number of halogens is 1. The Morgan fingerprint density at radius 3 is 2.76 bits per heavy atom. The van der Waals surface area contributed by atoms with Crippen LogP contribution in [0.2, 0.25) is 0 Å². The molecule has 0 radical (unpaired) electrons. The summed E-state index contributed by atoms with van der Waals surface area (Å²) < 4.78 is 18.8. The van der Waals surface area contributed by atoms with Crippen LogP contribution in [-0.4, -0.2) is 46.7 Å². The summed E-state index contributed by atoms with van der Waals surface area (Å²) >= 11 is 1.48. The first-order valence-electron chi connectivity index (χ1n) is 9.52. The van der Waals surface area contributed by atoms with Crippen molar-refractivity contribution in [3.05, 3.63) is 65.9 Å². The zero-order valence-electron chi connectivity index (χ0n) is 16.0. The van der Waals surface area contributed by atoms with E-state index in [1.54, 1.807) is 18.2 Å². The van der Waals surface area contributed by atoms with Gasteiger partial charge in [-0.2, -0.15) is 0 Å². The van der Waals surface area contributed by atoms with Crippen molar-refractivity contribution in [1.29, 1.82) is 0 Å². The normalized spacial score (nSPS) is 16.8. The highest BCUT2D eigenvalue weighted by Crippen LogP contribution is 2.24. The molecule has 8 heteroatoms. The van der Waals surface area contributed by atoms with E-state index in [4.69, 9.17) is 4.42 Å². The first-order chi connectivity index (χ1) is 14.1. The average molecular weight is 413 g/mol. The maximum Gasteiger partial charge on any atom is 0.289 e. The standard InChI is InChI=1S/C21H21FN4O2S/c1-14-12-26(11-10-23-14)21(27)19-8-6-17(28-19)13-29-20-9-7-18(24-25-20)15-2-4-16(22)5-3-15/h2-9,14,23H,10-13H2,1H3/p+1/t14-/m1/s1. The van der Waals surface area contributed by atoms with Crippen molar-refractivity contribution in [3.63, 3.8) is 0 Å². The average Bonchev–Trinajstić information content (AvgIpc) is 3.22. The van der Waals surface area contributed by atoms with E-state index in [1.807, 2.05) is 23.1 Å². The summed E-state index contributed by atoms with van der Waals surface area (Å²) in [5.74, 6) is 1.33. The quantitative estimate of drug-likeness (QED) is 0.651. The number of benzene rings is 1. The number of nitrogens with zero attached hydrogens (tertiary/aromatic N) is 3. The Kier molecular flexibility index (Phi) is 5.92. The Bertz CT molecular complexity index is 975. The van der Waals surface area contributed by atoms with Crippen LogP contribution in [-0.2, 0) is 5.75 Å². The number of carbonyl (C=O) groups is 1. The van der Waals surface area contributed by atoms with Crippen molar-refractivity contribution in [2.24, 2.45) is 0 Å². The number of hydrogen-bond acceptors (Lipinski definition) is 5. The van der Waals surface area contributed by atoms with Gasteiger partial charge in [0.25, 0.3) is 5.91 Å². The van der Waals surface area contributed by atoms with Gasteiger partial charge in [-0.25, -0.2) is 4.39 Å². The monoisotopic (exact) mass is 413 g/mol. The molecule has 1 aromatic carbocycles. The molecule has 1 fully saturated rings. The molecule has 150 valence electrons. The van der Waals surface area contributed by atoms with Crippen molar-refractivity contribution in [3.8, 4) is 11.3 Å². The molecule has 1 atom stereocenters. The van der Waals surface area contributed by atoms with Crippen LogP contribution >= 0.6 is 11.8 Å². The van der Waals surface area contributed by atoms with Gasteiger partial charge in [0.15, 0.2) is 5.76 Å². The second-order valence-corrected chi connectivity index (χ2v) is 8.07. The van der Waals surface area contributed by atoms with E-state index in [0.29, 0.717) is 23.2 Å². The summed E-state index contributed by atoms with van der Waals surface area (Å²) in [6.45, 7) is 4.51. The van der Waals surface area contributed by atoms with E-state index >= 15 is 0 Å². The summed E-state index contributed by atoms with van der Waals surface area (Å²) in [5.41, 5.74) is 1.50. The van der Waals surface area contributed by atoms with E-state index in [0.717, 1.165) is 36.0 Å². The molecule has 0 bridgehead atoms. The number of nitrogens with two attached hydrogens (primary N) is 1. The highest BCUT2D eigenvalue weighted by Gasteiger charge is 2.26. The van der Waals surface area contributed by atoms with E-state index in [-0.39, 0.29) is 11.7 Å². The number of quaternary nitrogens is 1. The molecule has 1 aliphatic heterocycles. The van der Waals surface area contributed by atoms with Crippen molar-refractivity contribution < 1.29 is 18.9 Å². The van der Waals surface area contributed by atoms with Gasteiger partial charge in [0.05, 0.1) is 31.1 Å². The molecule has 2 aromatic heterocycles. The predicted molar refractivity (Wildman–Crippen MR) is 108 cm³/mol. The van der Waals surface area contributed by atoms with Crippen molar-refractivity contribution in [1.82, 2.24) is 15.1 Å². The number of thioether (sulfide) groups is 1. The fourth-order valence-electron chi connectivity index (χ4n) is 3.26. The van der Waals surface area contributed by atoms with Gasteiger partial charge < -0.3 is 14.6 Å². The third kappa shape index (κ3) is 4.83. The van der Waals surface area contributed by atoms with E-state index in [1.165, 1.54) is 23.9 Å². The van der Waals surface area contributed by atoms with Gasteiger partial charge in [-0.05, 0) is 55.5 Å². The maximum atomic E-state index is 13.0. The Hall–Kier alpha value is -2.71. The van der Waals surface area contributed by atoms with Crippen molar-refractivity contribution in [2.75, 3.05) is 19.6 Å². The van der Waals surface area contributed by atoms with Gasteiger partial charge in [-0.15, -0.1) is 10.2 Å². The van der Waals surface area contributed by atoms with Crippen molar-refractivity contribution >= 4 is 17.7 Å². The van der Waals surface area contributed by atoms with Crippen LogP contribution < -0.4 is 5.32 Å². The van der Waals surface area contributed by atoms with Crippen LogP contribution in [0.1, 0.15) is 23.2 Å². The summed E-state index contributed by atoms with van der Waals surface area (Å²) in [5, 5.41) is 11.4. The number of carbonyl (C=O) groups excluding carboxylic acids is 1. The van der Waals surface area contributed by atoms with Crippen LogP contribution in [0.15, 0.2) is 58.0 Å². The molecule has 4 rings (SSSR count). The molecule has 29 heavy (non-hydrogen) atoms. The zero-order valence-corrected chi connectivity index (χ0v) is 16.9. The van der Waals surface area contributed by atoms with Crippen LogP contribution in [0.5, 0.6) is 0 Å². The highest BCUT2D eigenvalue weighted by molar-refractivity contribution is 7.98. The number of hydrogen-bond donors (Lipinski definition) is 1. The minimum Gasteiger partial charge on any atom is -0.455 e. The van der Waals surface area contributed by atoms with Crippen LogP contribution in [0.4, 0.5) is 4.39 Å². The minimum atomic E-state index is -0.279. The van der Waals surface area contributed by atoms with Gasteiger partial charge in [-0.1, -0.05) is 11.8 Å². The third-order valence-electron chi connectivity index (χ3n) is 4.78. The lowest BCUT2D eigenvalue weighted by Crippen LogP contribution is -2.94. The highest BCUT2D eigenvalue weighted by atomic mass is 32.2. The lowest BCUT2D eigenvalue weighted by Gasteiger charge is -2.28. The molecule has 3 heterocycles. The number of amides is 1. The molecular weight excluding hydrogens is 391 g/mol. The van der Waals surface area contributed by atoms with Gasteiger partial charge in [0.1, 0.15) is 22.6 Å². The second kappa shape index (κ2) is 8.75. The van der Waals surface area contributed by atoms with E-state index in [2.05, 4.69) is 22.4 Å². The molecule has 0 spiro atoms. The Morgan fingerprint density at radius 2 is 2.03 bits per heavy atom. The summed E-state index contributed by atoms with van der Waals surface area (Å²) in [6.07, 6.45) is 0. The molecule has 0 aliphatic carbocycles. The summed E-state index contributed by atoms with van der Waals surface area (Å²) in [6, 6.07) is 13.9. The van der Waals surface area contributed by atoms with Gasteiger partial charge in [0.2, 0.25) is 0 Å². The van der Waals surface area contributed by atoms with E-state index in [9.17, 15) is 9.18 Å². The number of rotatable bonds is 5. The third-order valence-corrected chi connectivity index (χ3v) is 5.72. The zero-order chi connectivity index (χ0) is 20.2. The van der Waals surface area contributed by atoms with Gasteiger partial charge >= 0.3 is 0 Å². The molecule has 0 unspecified atom stereocenters. The minimum absolute atomic E-state index is 0.0513. The number of piperazine rings is 1. The largest absolute Gasteiger partial charge is 0.455 e. The lowest BCUT2D eigenvalue weighted by molar-refractivity contribution is -0.693. The van der Waals surface area contributed by atoms with E-state index < -0.39 is 0 Å². The molecule has 3 aromatic rings. The fourth-order valence-corrected chi connectivity index (χ4v) is 3.96. The first kappa shape index (κ1) is 19.6. The molecule has 2 N–H and O–H groups in total. The topological polar surface area (TPSA) is 75.8 Å². The Balaban J connectivity index is 1.35. The lowest BCUT2D eigenvalue weighted by atomic mass is 10.1. The number of aromatic nitrogens is 2. The molecule has 0 saturated carbocycles. The van der Waals surface area contributed by atoms with Gasteiger partial charge in [-0.3, -0.25) is 4.79 Å². The van der Waals surface area contributed by atoms with Gasteiger partial charge in [0, 0.05) is 5.56 Å². The Morgan fingerprint density at radius 1 is 1.21 bits per heavy atom. The predicted octanol–water partition coefficient (Wildman–Crippen LogP) is 2.58. The Labute approximate surface area is 172 Å². The fraction of sp³-hybridized carbons (Fsp3) is 0.286. The first-order valence-corrected chi connectivity index (χ1v) is 10.5. The second-order valence-electron chi connectivity index (χ2n) is 7.07. The SMILES string of the molecule is C[C@@H]1CN(C(=O)c2ccc(CSc3ccc(-c4ccc(F)cc4)nn3)o2)CC[NH2+]1. The smallest absolute Gasteiger partial charge is 0.289 e. The van der Waals surface area contributed by atoms with Crippen LogP contribution in [0.3, 0.4) is 0 Å². The number of furan rings is 1. The summed E-state index contributed by atoms with van der Waals surface area (Å²) in [7, 11) is 0. The molecule has 1 amide bonds. The molecule has 6 nitrogen and oxygen atoms in total. The van der Waals surface area contributed by atoms with Crippen LogP contribution in [0.25, 0.3) is 11.3 Å². The molecular formula is C21H22FN4O2S+. The van der Waals surface area contributed by atoms with Crippen LogP contribution in [0, 0.1) is 5.82 Å². The molecule has 1 saturated heterocycles. The van der Waals surface area contributed by atoms with Crippen molar-refractivity contribution in [2.45, 2.75) is 23.7 Å². The summed E-state index contributed by atoms with van der Waals surface area (Å²) in [4.78, 5) is 14.4.